The summed E-state index contributed by atoms with van der Waals surface area (Å²) in [7, 11) is 0. The van der Waals surface area contributed by atoms with Gasteiger partial charge in [0.25, 0.3) is 0 Å². The molecule has 6 rings (SSSR count). The molecule has 0 saturated heterocycles. The number of benzene rings is 5. The first-order valence-corrected chi connectivity index (χ1v) is 12.5. The minimum atomic E-state index is -0.897. The highest BCUT2D eigenvalue weighted by molar-refractivity contribution is 6.13. The number of rotatable bonds is 3. The molecule has 0 bridgehead atoms. The summed E-state index contributed by atoms with van der Waals surface area (Å²) in [5.74, 6) is 1.13. The Bertz CT molecular complexity index is 1610. The van der Waals surface area contributed by atoms with Crippen molar-refractivity contribution < 1.29 is 19.0 Å². The maximum absolute atomic E-state index is 12.7. The molecular formula is C33H28O4. The normalized spacial score (nSPS) is 17.1. The Morgan fingerprint density at radius 3 is 1.78 bits per heavy atom. The molecule has 0 N–H and O–H groups in total. The highest BCUT2D eigenvalue weighted by Gasteiger charge is 2.43. The molecule has 1 aliphatic heterocycles. The molecular weight excluding hydrogens is 460 g/mol. The maximum Gasteiger partial charge on any atom is 0.338 e. The standard InChI is InChI=1S/C33H28O4/c1-32(2,3)37-31(34)22-17-19-24(20-18-22)33(23-11-5-4-6-12-23)21-35-29-27-15-9-7-13-25(27)26-14-8-10-16-28(26)30(29)36-33/h4-20H,21H2,1-3H3. The molecule has 0 aromatic heterocycles. The van der Waals surface area contributed by atoms with Gasteiger partial charge in [-0.3, -0.25) is 0 Å². The van der Waals surface area contributed by atoms with Crippen molar-refractivity contribution in [2.75, 3.05) is 6.61 Å². The molecule has 0 saturated carbocycles. The average Bonchev–Trinajstić information content (AvgIpc) is 2.92. The van der Waals surface area contributed by atoms with E-state index in [9.17, 15) is 4.79 Å². The first-order valence-electron chi connectivity index (χ1n) is 12.5. The first-order chi connectivity index (χ1) is 17.9. The van der Waals surface area contributed by atoms with Gasteiger partial charge in [-0.1, -0.05) is 91.0 Å². The Balaban J connectivity index is 1.52. The van der Waals surface area contributed by atoms with Crippen LogP contribution < -0.4 is 9.47 Å². The number of carbonyl (C=O) groups is 1. The van der Waals surface area contributed by atoms with E-state index in [0.717, 1.165) is 44.2 Å². The molecule has 4 nitrogen and oxygen atoms in total. The zero-order valence-electron chi connectivity index (χ0n) is 21.2. The highest BCUT2D eigenvalue weighted by Crippen LogP contribution is 2.50. The summed E-state index contributed by atoms with van der Waals surface area (Å²) in [5.41, 5.74) is 0.910. The predicted octanol–water partition coefficient (Wildman–Crippen LogP) is 7.66. The van der Waals surface area contributed by atoms with Gasteiger partial charge in [0, 0.05) is 21.9 Å². The van der Waals surface area contributed by atoms with Gasteiger partial charge in [-0.2, -0.15) is 0 Å². The van der Waals surface area contributed by atoms with Crippen LogP contribution in [0.25, 0.3) is 21.5 Å². The predicted molar refractivity (Wildman–Crippen MR) is 146 cm³/mol. The lowest BCUT2D eigenvalue weighted by molar-refractivity contribution is 0.00684. The number of esters is 1. The van der Waals surface area contributed by atoms with E-state index in [1.54, 1.807) is 12.1 Å². The first kappa shape index (κ1) is 23.1. The van der Waals surface area contributed by atoms with Gasteiger partial charge in [-0.05, 0) is 43.7 Å². The third-order valence-corrected chi connectivity index (χ3v) is 6.76. The van der Waals surface area contributed by atoms with E-state index in [0.29, 0.717) is 5.56 Å². The van der Waals surface area contributed by atoms with Crippen molar-refractivity contribution in [2.24, 2.45) is 0 Å². The van der Waals surface area contributed by atoms with Crippen molar-refractivity contribution in [2.45, 2.75) is 32.0 Å². The van der Waals surface area contributed by atoms with Crippen LogP contribution in [0.1, 0.15) is 42.3 Å². The SMILES string of the molecule is CC(C)(C)OC(=O)c1ccc(C2(c3ccccc3)COc3c(c4ccccc4c4ccccc34)O2)cc1. The minimum Gasteiger partial charge on any atom is -0.484 e. The Hall–Kier alpha value is -4.31. The van der Waals surface area contributed by atoms with Gasteiger partial charge in [-0.25, -0.2) is 4.79 Å². The number of ether oxygens (including phenoxy) is 3. The van der Waals surface area contributed by atoms with Crippen molar-refractivity contribution >= 4 is 27.5 Å². The third-order valence-electron chi connectivity index (χ3n) is 6.76. The molecule has 0 amide bonds. The van der Waals surface area contributed by atoms with Crippen LogP contribution in [0.2, 0.25) is 0 Å². The van der Waals surface area contributed by atoms with Crippen LogP contribution in [0.5, 0.6) is 11.5 Å². The van der Waals surface area contributed by atoms with Gasteiger partial charge in [0.2, 0.25) is 0 Å². The zero-order chi connectivity index (χ0) is 25.6. The number of fused-ring (bicyclic) bond motifs is 6. The number of carbonyl (C=O) groups excluding carboxylic acids is 1. The summed E-state index contributed by atoms with van der Waals surface area (Å²) >= 11 is 0. The molecule has 0 aliphatic carbocycles. The zero-order valence-corrected chi connectivity index (χ0v) is 21.2. The molecule has 5 aromatic rings. The van der Waals surface area contributed by atoms with Gasteiger partial charge in [0.1, 0.15) is 12.2 Å². The molecule has 1 aliphatic rings. The van der Waals surface area contributed by atoms with Crippen LogP contribution in [-0.4, -0.2) is 18.2 Å². The lowest BCUT2D eigenvalue weighted by atomic mass is 9.85. The van der Waals surface area contributed by atoms with Gasteiger partial charge in [0.05, 0.1) is 5.56 Å². The summed E-state index contributed by atoms with van der Waals surface area (Å²) in [6, 6.07) is 34.1. The lowest BCUT2D eigenvalue weighted by Crippen LogP contribution is -2.43. The average molecular weight is 489 g/mol. The van der Waals surface area contributed by atoms with E-state index in [-0.39, 0.29) is 12.6 Å². The van der Waals surface area contributed by atoms with Crippen LogP contribution >= 0.6 is 0 Å². The molecule has 1 heterocycles. The molecule has 0 radical (unpaired) electrons. The maximum atomic E-state index is 12.7. The van der Waals surface area contributed by atoms with Crippen molar-refractivity contribution in [3.8, 4) is 11.5 Å². The van der Waals surface area contributed by atoms with Crippen molar-refractivity contribution in [3.63, 3.8) is 0 Å². The largest absolute Gasteiger partial charge is 0.484 e. The molecule has 1 unspecified atom stereocenters. The molecule has 4 heteroatoms. The third kappa shape index (κ3) is 3.99. The summed E-state index contributed by atoms with van der Waals surface area (Å²) in [4.78, 5) is 12.7. The lowest BCUT2D eigenvalue weighted by Gasteiger charge is -2.40. The number of hydrogen-bond acceptors (Lipinski definition) is 4. The molecule has 5 aromatic carbocycles. The van der Waals surface area contributed by atoms with Crippen LogP contribution in [0.15, 0.2) is 103 Å². The van der Waals surface area contributed by atoms with Gasteiger partial charge >= 0.3 is 5.97 Å². The van der Waals surface area contributed by atoms with E-state index in [1.807, 2.05) is 75.4 Å². The van der Waals surface area contributed by atoms with E-state index in [2.05, 4.69) is 36.4 Å². The summed E-state index contributed by atoms with van der Waals surface area (Å²) in [5, 5.41) is 4.28. The molecule has 1 atom stereocenters. The fourth-order valence-electron chi connectivity index (χ4n) is 5.07. The van der Waals surface area contributed by atoms with Crippen LogP contribution in [0.3, 0.4) is 0 Å². The van der Waals surface area contributed by atoms with E-state index < -0.39 is 11.2 Å². The van der Waals surface area contributed by atoms with E-state index in [1.165, 1.54) is 0 Å². The topological polar surface area (TPSA) is 44.8 Å². The fraction of sp³-hybridized carbons (Fsp3) is 0.182. The van der Waals surface area contributed by atoms with Crippen LogP contribution in [0, 0.1) is 0 Å². The Morgan fingerprint density at radius 2 is 1.19 bits per heavy atom. The van der Waals surface area contributed by atoms with Gasteiger partial charge in [-0.15, -0.1) is 0 Å². The smallest absolute Gasteiger partial charge is 0.338 e. The number of hydrogen-bond donors (Lipinski definition) is 0. The van der Waals surface area contributed by atoms with Crippen LogP contribution in [0.4, 0.5) is 0 Å². The van der Waals surface area contributed by atoms with Crippen molar-refractivity contribution in [1.82, 2.24) is 0 Å². The summed E-state index contributed by atoms with van der Waals surface area (Å²) < 4.78 is 19.2. The molecule has 37 heavy (non-hydrogen) atoms. The van der Waals surface area contributed by atoms with Crippen LogP contribution in [-0.2, 0) is 10.3 Å². The summed E-state index contributed by atoms with van der Waals surface area (Å²) in [6.45, 7) is 5.88. The summed E-state index contributed by atoms with van der Waals surface area (Å²) in [6.07, 6.45) is 0. The second kappa shape index (κ2) is 8.67. The Morgan fingerprint density at radius 1 is 0.676 bits per heavy atom. The van der Waals surface area contributed by atoms with E-state index >= 15 is 0 Å². The molecule has 0 spiro atoms. The second-order valence-corrected chi connectivity index (χ2v) is 10.4. The van der Waals surface area contributed by atoms with Gasteiger partial charge in [0.15, 0.2) is 17.1 Å². The fourth-order valence-corrected chi connectivity index (χ4v) is 5.07. The quantitative estimate of drug-likeness (QED) is 0.193. The minimum absolute atomic E-state index is 0.290. The molecule has 184 valence electrons. The van der Waals surface area contributed by atoms with Gasteiger partial charge < -0.3 is 14.2 Å². The molecule has 0 fully saturated rings. The van der Waals surface area contributed by atoms with Crippen molar-refractivity contribution in [3.05, 3.63) is 120 Å². The highest BCUT2D eigenvalue weighted by atomic mass is 16.6. The monoisotopic (exact) mass is 488 g/mol. The Kier molecular flexibility index (Phi) is 5.41. The van der Waals surface area contributed by atoms with E-state index in [4.69, 9.17) is 14.2 Å². The Labute approximate surface area is 216 Å². The van der Waals surface area contributed by atoms with Crippen molar-refractivity contribution in [1.29, 1.82) is 0 Å². The second-order valence-electron chi connectivity index (χ2n) is 10.4.